The number of nitrogens with one attached hydrogen (secondary N) is 2. The summed E-state index contributed by atoms with van der Waals surface area (Å²) in [4.78, 5) is 13.2. The maximum Gasteiger partial charge on any atom is 0.314 e. The number of rotatable bonds is 5. The Labute approximate surface area is 120 Å². The van der Waals surface area contributed by atoms with Gasteiger partial charge in [0.2, 0.25) is 0 Å². The van der Waals surface area contributed by atoms with Gasteiger partial charge in [0.05, 0.1) is 6.54 Å². The van der Waals surface area contributed by atoms with Crippen LogP contribution in [0.4, 0.5) is 4.79 Å². The largest absolute Gasteiger partial charge is 0.386 e. The van der Waals surface area contributed by atoms with Crippen molar-refractivity contribution in [1.82, 2.24) is 10.6 Å². The number of aliphatic hydroxyl groups excluding tert-OH is 1. The first kappa shape index (κ1) is 14.0. The van der Waals surface area contributed by atoms with Gasteiger partial charge in [-0.15, -0.1) is 11.3 Å². The van der Waals surface area contributed by atoms with Crippen molar-refractivity contribution in [3.8, 4) is 10.4 Å². The highest BCUT2D eigenvalue weighted by atomic mass is 32.1. The Morgan fingerprint density at radius 3 is 2.89 bits per heavy atom. The van der Waals surface area contributed by atoms with E-state index in [0.717, 1.165) is 9.75 Å². The van der Waals surface area contributed by atoms with Gasteiger partial charge in [0, 0.05) is 21.9 Å². The quantitative estimate of drug-likeness (QED) is 0.794. The molecule has 1 unspecified atom stereocenters. The zero-order valence-corrected chi connectivity index (χ0v) is 12.2. The molecule has 2 heterocycles. The first-order valence-electron chi connectivity index (χ1n) is 6.02. The minimum atomic E-state index is -0.667. The van der Waals surface area contributed by atoms with Crippen molar-refractivity contribution in [3.63, 3.8) is 0 Å². The first-order valence-corrected chi connectivity index (χ1v) is 7.78. The van der Waals surface area contributed by atoms with Crippen LogP contribution in [0.25, 0.3) is 10.4 Å². The molecule has 0 spiro atoms. The first-order chi connectivity index (χ1) is 9.20. The van der Waals surface area contributed by atoms with Crippen LogP contribution in [-0.2, 0) is 0 Å². The van der Waals surface area contributed by atoms with Crippen LogP contribution in [0.3, 0.4) is 0 Å². The molecule has 0 fully saturated rings. The standard InChI is InChI=1S/C13H16N2O2S2/c1-2-14-13(17)15-7-10(16)12-4-3-11(19-12)9-5-6-18-8-9/h3-6,8,10,16H,2,7H2,1H3,(H2,14,15,17). The fraction of sp³-hybridized carbons (Fsp3) is 0.308. The van der Waals surface area contributed by atoms with Gasteiger partial charge in [0.1, 0.15) is 6.10 Å². The van der Waals surface area contributed by atoms with Crippen LogP contribution in [0.15, 0.2) is 29.0 Å². The van der Waals surface area contributed by atoms with E-state index in [1.165, 1.54) is 5.56 Å². The molecule has 0 bridgehead atoms. The molecular weight excluding hydrogens is 280 g/mol. The van der Waals surface area contributed by atoms with E-state index >= 15 is 0 Å². The van der Waals surface area contributed by atoms with Crippen molar-refractivity contribution in [1.29, 1.82) is 0 Å². The fourth-order valence-corrected chi connectivity index (χ4v) is 3.33. The maximum atomic E-state index is 11.2. The maximum absolute atomic E-state index is 11.2. The van der Waals surface area contributed by atoms with E-state index < -0.39 is 6.10 Å². The van der Waals surface area contributed by atoms with Crippen molar-refractivity contribution in [3.05, 3.63) is 33.8 Å². The van der Waals surface area contributed by atoms with Gasteiger partial charge in [-0.1, -0.05) is 0 Å². The summed E-state index contributed by atoms with van der Waals surface area (Å²) in [5.41, 5.74) is 1.17. The minimum absolute atomic E-state index is 0.218. The van der Waals surface area contributed by atoms with E-state index in [1.807, 2.05) is 24.4 Å². The van der Waals surface area contributed by atoms with E-state index in [-0.39, 0.29) is 12.6 Å². The van der Waals surface area contributed by atoms with Crippen molar-refractivity contribution in [2.75, 3.05) is 13.1 Å². The molecule has 2 rings (SSSR count). The number of carbonyl (C=O) groups is 1. The highest BCUT2D eigenvalue weighted by Crippen LogP contribution is 2.32. The molecule has 0 aliphatic heterocycles. The van der Waals surface area contributed by atoms with Crippen LogP contribution >= 0.6 is 22.7 Å². The third kappa shape index (κ3) is 3.79. The highest BCUT2D eigenvalue weighted by Gasteiger charge is 2.12. The summed E-state index contributed by atoms with van der Waals surface area (Å²) in [5, 5.41) is 19.4. The molecule has 0 saturated heterocycles. The van der Waals surface area contributed by atoms with Crippen LogP contribution in [0.5, 0.6) is 0 Å². The number of hydrogen-bond acceptors (Lipinski definition) is 4. The Hall–Kier alpha value is -1.37. The lowest BCUT2D eigenvalue weighted by atomic mass is 10.2. The van der Waals surface area contributed by atoms with Crippen LogP contribution in [-0.4, -0.2) is 24.2 Å². The average Bonchev–Trinajstić information content (AvgIpc) is 3.06. The Balaban J connectivity index is 1.93. The third-order valence-corrected chi connectivity index (χ3v) is 4.47. The van der Waals surface area contributed by atoms with Gasteiger partial charge in [-0.05, 0) is 35.9 Å². The summed E-state index contributed by atoms with van der Waals surface area (Å²) in [5.74, 6) is 0. The van der Waals surface area contributed by atoms with Crippen molar-refractivity contribution >= 4 is 28.7 Å². The van der Waals surface area contributed by atoms with Crippen LogP contribution in [0, 0.1) is 0 Å². The molecule has 1 atom stereocenters. The molecule has 0 aromatic carbocycles. The SMILES string of the molecule is CCNC(=O)NCC(O)c1ccc(-c2ccsc2)s1. The number of hydrogen-bond donors (Lipinski definition) is 3. The zero-order valence-electron chi connectivity index (χ0n) is 10.6. The lowest BCUT2D eigenvalue weighted by Gasteiger charge is -2.10. The molecule has 0 saturated carbocycles. The summed E-state index contributed by atoms with van der Waals surface area (Å²) in [6, 6.07) is 5.70. The topological polar surface area (TPSA) is 61.4 Å². The van der Waals surface area contributed by atoms with E-state index in [9.17, 15) is 9.90 Å². The lowest BCUT2D eigenvalue weighted by Crippen LogP contribution is -2.37. The van der Waals surface area contributed by atoms with Gasteiger partial charge in [-0.2, -0.15) is 11.3 Å². The molecular formula is C13H16N2O2S2. The Morgan fingerprint density at radius 1 is 1.37 bits per heavy atom. The molecule has 2 aromatic rings. The van der Waals surface area contributed by atoms with Crippen LogP contribution in [0.2, 0.25) is 0 Å². The zero-order chi connectivity index (χ0) is 13.7. The molecule has 2 amide bonds. The second kappa shape index (κ2) is 6.70. The summed E-state index contributed by atoms with van der Waals surface area (Å²) >= 11 is 3.20. The Morgan fingerprint density at radius 2 is 2.21 bits per heavy atom. The predicted molar refractivity (Wildman–Crippen MR) is 79.7 cm³/mol. The normalized spacial score (nSPS) is 12.1. The summed E-state index contributed by atoms with van der Waals surface area (Å²) < 4.78 is 0. The van der Waals surface area contributed by atoms with Gasteiger partial charge in [0.25, 0.3) is 0 Å². The molecule has 3 N–H and O–H groups in total. The smallest absolute Gasteiger partial charge is 0.314 e. The van der Waals surface area contributed by atoms with Gasteiger partial charge in [0.15, 0.2) is 0 Å². The monoisotopic (exact) mass is 296 g/mol. The number of carbonyl (C=O) groups excluding carboxylic acids is 1. The fourth-order valence-electron chi connectivity index (χ4n) is 1.60. The summed E-state index contributed by atoms with van der Waals surface area (Å²) in [6.07, 6.45) is -0.667. The summed E-state index contributed by atoms with van der Waals surface area (Å²) in [6.45, 7) is 2.64. The van der Waals surface area contributed by atoms with Gasteiger partial charge in [-0.3, -0.25) is 0 Å². The third-order valence-electron chi connectivity index (χ3n) is 2.55. The molecule has 6 heteroatoms. The second-order valence-corrected chi connectivity index (χ2v) is 5.87. The van der Waals surface area contributed by atoms with Crippen molar-refractivity contribution < 1.29 is 9.90 Å². The van der Waals surface area contributed by atoms with Crippen molar-refractivity contribution in [2.24, 2.45) is 0 Å². The minimum Gasteiger partial charge on any atom is -0.386 e. The molecule has 2 aromatic heterocycles. The van der Waals surface area contributed by atoms with Gasteiger partial charge >= 0.3 is 6.03 Å². The molecule has 102 valence electrons. The molecule has 19 heavy (non-hydrogen) atoms. The van der Waals surface area contributed by atoms with E-state index in [0.29, 0.717) is 6.54 Å². The number of thiophene rings is 2. The Kier molecular flexibility index (Phi) is 4.95. The molecule has 4 nitrogen and oxygen atoms in total. The molecule has 0 radical (unpaired) electrons. The van der Waals surface area contributed by atoms with Crippen molar-refractivity contribution in [2.45, 2.75) is 13.0 Å². The average molecular weight is 296 g/mol. The van der Waals surface area contributed by atoms with Gasteiger partial charge < -0.3 is 15.7 Å². The number of amides is 2. The van der Waals surface area contributed by atoms with Crippen LogP contribution in [0.1, 0.15) is 17.9 Å². The van der Waals surface area contributed by atoms with E-state index in [4.69, 9.17) is 0 Å². The molecule has 0 aliphatic carbocycles. The molecule has 0 aliphatic rings. The van der Waals surface area contributed by atoms with Crippen LogP contribution < -0.4 is 10.6 Å². The van der Waals surface area contributed by atoms with E-state index in [2.05, 4.69) is 22.1 Å². The van der Waals surface area contributed by atoms with Gasteiger partial charge in [-0.25, -0.2) is 4.79 Å². The Bertz CT molecular complexity index is 522. The second-order valence-electron chi connectivity index (χ2n) is 3.97. The predicted octanol–water partition coefficient (Wildman–Crippen LogP) is 2.83. The summed E-state index contributed by atoms with van der Waals surface area (Å²) in [7, 11) is 0. The lowest BCUT2D eigenvalue weighted by molar-refractivity contribution is 0.176. The number of urea groups is 1. The highest BCUT2D eigenvalue weighted by molar-refractivity contribution is 7.16. The van der Waals surface area contributed by atoms with E-state index in [1.54, 1.807) is 22.7 Å². The number of aliphatic hydroxyl groups is 1.